The Bertz CT molecular complexity index is 512. The van der Waals surface area contributed by atoms with Crippen molar-refractivity contribution in [3.8, 4) is 5.40 Å². The summed E-state index contributed by atoms with van der Waals surface area (Å²) in [7, 11) is -0.634. The molecule has 0 atom stereocenters. The highest BCUT2D eigenvalue weighted by atomic mass is 32.2. The summed E-state index contributed by atoms with van der Waals surface area (Å²) in [5.74, 6) is 0.210. The second kappa shape index (κ2) is 32.5. The van der Waals surface area contributed by atoms with E-state index in [1.54, 1.807) is 0 Å². The van der Waals surface area contributed by atoms with Crippen LogP contribution in [0.1, 0.15) is 175 Å². The molecule has 0 rings (SSSR count). The fraction of sp³-hybridized carbons (Fsp3) is 0.970. The molecule has 0 aliphatic heterocycles. The minimum Gasteiger partial charge on any atom is -0.376 e. The van der Waals surface area contributed by atoms with Crippen LogP contribution in [0.4, 0.5) is 0 Å². The van der Waals surface area contributed by atoms with E-state index >= 15 is 0 Å². The van der Waals surface area contributed by atoms with Crippen LogP contribution in [0.2, 0.25) is 6.04 Å². The second-order valence-electron chi connectivity index (χ2n) is 11.2. The van der Waals surface area contributed by atoms with E-state index in [2.05, 4.69) is 12.3 Å². The summed E-state index contributed by atoms with van der Waals surface area (Å²) in [4.78, 5) is 0. The summed E-state index contributed by atoms with van der Waals surface area (Å²) in [5.41, 5.74) is 0. The SMILES string of the molecule is CCCCCCCCCCCCCCCCCC(OCC)(OCC)O[SiH2]CCCCCCCCCCSC#N. The van der Waals surface area contributed by atoms with Crippen LogP contribution in [-0.4, -0.2) is 34.7 Å². The molecule has 6 heteroatoms. The number of thioether (sulfide) groups is 1. The number of nitriles is 1. The van der Waals surface area contributed by atoms with Gasteiger partial charge in [0.05, 0.1) is 0 Å². The first-order valence-electron chi connectivity index (χ1n) is 17.2. The van der Waals surface area contributed by atoms with E-state index < -0.39 is 15.7 Å². The number of thiocyanates is 1. The zero-order valence-electron chi connectivity index (χ0n) is 26.6. The monoisotopic (exact) mass is 585 g/mol. The van der Waals surface area contributed by atoms with Crippen LogP contribution in [-0.2, 0) is 13.9 Å². The van der Waals surface area contributed by atoms with Crippen LogP contribution >= 0.6 is 11.8 Å². The van der Waals surface area contributed by atoms with Gasteiger partial charge in [0.2, 0.25) is 0 Å². The van der Waals surface area contributed by atoms with Crippen molar-refractivity contribution in [2.45, 2.75) is 187 Å². The first-order valence-corrected chi connectivity index (χ1v) is 19.7. The molecule has 232 valence electrons. The van der Waals surface area contributed by atoms with Gasteiger partial charge in [0.15, 0.2) is 9.76 Å². The lowest BCUT2D eigenvalue weighted by molar-refractivity contribution is -0.345. The van der Waals surface area contributed by atoms with Gasteiger partial charge in [0.25, 0.3) is 5.97 Å². The standard InChI is InChI=1S/C33H67NO3SSi/c1-4-7-8-9-10-11-12-13-14-15-16-17-20-23-26-29-33(35-5-2,36-6-3)37-39-31-28-25-22-19-18-21-24-27-30-38-32-34/h4-31,39H2,1-3H3. The predicted molar refractivity (Wildman–Crippen MR) is 175 cm³/mol. The quantitative estimate of drug-likeness (QED) is 0.0332. The third-order valence-corrected chi connectivity index (χ3v) is 9.65. The summed E-state index contributed by atoms with van der Waals surface area (Å²) < 4.78 is 18.5. The molecule has 0 aliphatic carbocycles. The first kappa shape index (κ1) is 38.9. The van der Waals surface area contributed by atoms with Gasteiger partial charge in [0.1, 0.15) is 5.40 Å². The van der Waals surface area contributed by atoms with Crippen molar-refractivity contribution >= 4 is 21.5 Å². The number of hydrogen-bond donors (Lipinski definition) is 0. The van der Waals surface area contributed by atoms with Gasteiger partial charge in [-0.3, -0.25) is 0 Å². The van der Waals surface area contributed by atoms with Gasteiger partial charge in [-0.05, 0) is 44.5 Å². The van der Waals surface area contributed by atoms with Gasteiger partial charge in [-0.15, -0.1) is 0 Å². The molecule has 0 aliphatic rings. The summed E-state index contributed by atoms with van der Waals surface area (Å²) in [6, 6.07) is 1.21. The van der Waals surface area contributed by atoms with Crippen LogP contribution in [0.3, 0.4) is 0 Å². The third kappa shape index (κ3) is 27.9. The Morgan fingerprint density at radius 1 is 0.564 bits per heavy atom. The molecule has 0 aromatic carbocycles. The highest BCUT2D eigenvalue weighted by Crippen LogP contribution is 2.25. The Morgan fingerprint density at radius 3 is 1.41 bits per heavy atom. The van der Waals surface area contributed by atoms with E-state index in [0.29, 0.717) is 13.2 Å². The maximum Gasteiger partial charge on any atom is 0.272 e. The van der Waals surface area contributed by atoms with Crippen molar-refractivity contribution in [2.75, 3.05) is 19.0 Å². The largest absolute Gasteiger partial charge is 0.376 e. The van der Waals surface area contributed by atoms with Crippen molar-refractivity contribution in [1.29, 1.82) is 5.26 Å². The van der Waals surface area contributed by atoms with E-state index in [-0.39, 0.29) is 0 Å². The van der Waals surface area contributed by atoms with Gasteiger partial charge < -0.3 is 13.9 Å². The first-order chi connectivity index (χ1) is 19.2. The lowest BCUT2D eigenvalue weighted by Gasteiger charge is -2.33. The van der Waals surface area contributed by atoms with Crippen LogP contribution in [0.25, 0.3) is 0 Å². The summed E-state index contributed by atoms with van der Waals surface area (Å²) in [5, 5.41) is 10.7. The van der Waals surface area contributed by atoms with Crippen molar-refractivity contribution in [1.82, 2.24) is 0 Å². The Hall–Kier alpha value is -0.0631. The number of hydrogen-bond acceptors (Lipinski definition) is 5. The third-order valence-electron chi connectivity index (χ3n) is 7.59. The summed E-state index contributed by atoms with van der Waals surface area (Å²) in [6.45, 7) is 7.67. The average Bonchev–Trinajstić information content (AvgIpc) is 2.93. The van der Waals surface area contributed by atoms with Crippen LogP contribution in [0.5, 0.6) is 0 Å². The van der Waals surface area contributed by atoms with E-state index in [1.165, 1.54) is 159 Å². The van der Waals surface area contributed by atoms with E-state index in [4.69, 9.17) is 19.2 Å². The van der Waals surface area contributed by atoms with Crippen molar-refractivity contribution in [3.63, 3.8) is 0 Å². The molecule has 0 spiro atoms. The maximum atomic E-state index is 8.54. The molecule has 0 aromatic rings. The summed E-state index contributed by atoms with van der Waals surface area (Å²) in [6.07, 6.45) is 32.0. The molecule has 0 N–H and O–H groups in total. The maximum absolute atomic E-state index is 8.54. The molecule has 0 unspecified atom stereocenters. The van der Waals surface area contributed by atoms with Crippen molar-refractivity contribution in [2.24, 2.45) is 0 Å². The molecular weight excluding hydrogens is 519 g/mol. The zero-order chi connectivity index (χ0) is 28.5. The molecule has 0 fully saturated rings. The van der Waals surface area contributed by atoms with Crippen LogP contribution in [0.15, 0.2) is 0 Å². The lowest BCUT2D eigenvalue weighted by atomic mass is 10.0. The molecule has 4 nitrogen and oxygen atoms in total. The Balaban J connectivity index is 3.78. The van der Waals surface area contributed by atoms with E-state index in [0.717, 1.165) is 18.6 Å². The molecule has 0 saturated heterocycles. The second-order valence-corrected chi connectivity index (χ2v) is 13.5. The van der Waals surface area contributed by atoms with Gasteiger partial charge in [-0.25, -0.2) is 0 Å². The number of nitrogens with zero attached hydrogens (tertiary/aromatic N) is 1. The zero-order valence-corrected chi connectivity index (χ0v) is 28.8. The minimum absolute atomic E-state index is 0.634. The topological polar surface area (TPSA) is 51.5 Å². The van der Waals surface area contributed by atoms with Crippen molar-refractivity contribution < 1.29 is 13.9 Å². The molecule has 0 aromatic heterocycles. The highest BCUT2D eigenvalue weighted by molar-refractivity contribution is 8.03. The number of unbranched alkanes of at least 4 members (excludes halogenated alkanes) is 21. The normalized spacial score (nSPS) is 12.1. The molecular formula is C33H67NO3SSi. The van der Waals surface area contributed by atoms with E-state index in [1.807, 2.05) is 13.8 Å². The number of ether oxygens (including phenoxy) is 2. The van der Waals surface area contributed by atoms with E-state index in [9.17, 15) is 0 Å². The van der Waals surface area contributed by atoms with Crippen molar-refractivity contribution in [3.05, 3.63) is 0 Å². The molecule has 39 heavy (non-hydrogen) atoms. The summed E-state index contributed by atoms with van der Waals surface area (Å²) >= 11 is 1.39. The molecule has 0 heterocycles. The number of rotatable bonds is 33. The molecule has 0 amide bonds. The van der Waals surface area contributed by atoms with Crippen LogP contribution in [0, 0.1) is 10.7 Å². The van der Waals surface area contributed by atoms with Crippen LogP contribution < -0.4 is 0 Å². The smallest absolute Gasteiger partial charge is 0.272 e. The fourth-order valence-corrected chi connectivity index (χ4v) is 7.04. The van der Waals surface area contributed by atoms with Gasteiger partial charge in [0, 0.05) is 25.4 Å². The lowest BCUT2D eigenvalue weighted by Crippen LogP contribution is -2.40. The predicted octanol–water partition coefficient (Wildman–Crippen LogP) is 10.8. The van der Waals surface area contributed by atoms with Gasteiger partial charge in [-0.1, -0.05) is 142 Å². The minimum atomic E-state index is -0.782. The Kier molecular flexibility index (Phi) is 32.4. The molecule has 0 saturated carbocycles. The Morgan fingerprint density at radius 2 is 0.974 bits per heavy atom. The fourth-order valence-electron chi connectivity index (χ4n) is 5.28. The molecule has 0 bridgehead atoms. The molecule has 0 radical (unpaired) electrons. The van der Waals surface area contributed by atoms with Gasteiger partial charge in [-0.2, -0.15) is 5.26 Å². The Labute approximate surface area is 251 Å². The average molecular weight is 586 g/mol. The highest BCUT2D eigenvalue weighted by Gasteiger charge is 2.31. The van der Waals surface area contributed by atoms with Gasteiger partial charge >= 0.3 is 0 Å².